The van der Waals surface area contributed by atoms with E-state index in [-0.39, 0.29) is 19.7 Å². The van der Waals surface area contributed by atoms with Crippen LogP contribution in [0.2, 0.25) is 0 Å². The summed E-state index contributed by atoms with van der Waals surface area (Å²) in [5, 5.41) is 1.63. The van der Waals surface area contributed by atoms with E-state index in [2.05, 4.69) is 5.32 Å². The van der Waals surface area contributed by atoms with Gasteiger partial charge in [-0.15, -0.1) is 0 Å². The number of piperazine rings is 1. The molecule has 9 heteroatoms. The number of hydrogen-bond donors (Lipinski definition) is 1. The average Bonchev–Trinajstić information content (AvgIpc) is 2.32. The Morgan fingerprint density at radius 2 is 1.91 bits per heavy atom. The molecule has 0 aromatic carbocycles. The maximum atomic E-state index is 11.9. The number of rotatable bonds is 3. The monoisotopic (exact) mass is 333 g/mol. The Hall–Kier alpha value is -1.83. The van der Waals surface area contributed by atoms with Gasteiger partial charge in [-0.25, -0.2) is 4.79 Å². The van der Waals surface area contributed by atoms with Gasteiger partial charge in [0.15, 0.2) is 0 Å². The number of alkyl carbamates (subject to hydrolysis) is 1. The maximum Gasteiger partial charge on any atom is 0.407 e. The molecule has 1 aliphatic rings. The normalized spacial score (nSPS) is 19.2. The zero-order valence-corrected chi connectivity index (χ0v) is 13.8. The lowest BCUT2D eigenvalue weighted by molar-refractivity contribution is -0.155. The Balaban J connectivity index is 2.51. The van der Waals surface area contributed by atoms with E-state index in [0.29, 0.717) is 4.90 Å². The fourth-order valence-electron chi connectivity index (χ4n) is 1.96. The second-order valence-electron chi connectivity index (χ2n) is 6.04. The number of carbonyl (C=O) groups is 4. The number of ether oxygens (including phenoxy) is 1. The maximum absolute atomic E-state index is 11.9. The van der Waals surface area contributed by atoms with E-state index in [1.165, 1.54) is 4.90 Å². The molecule has 4 amide bonds. The van der Waals surface area contributed by atoms with Gasteiger partial charge in [-0.05, 0) is 39.3 Å². The molecule has 22 heavy (non-hydrogen) atoms. The first-order valence-corrected chi connectivity index (χ1v) is 7.17. The average molecular weight is 334 g/mol. The predicted molar refractivity (Wildman–Crippen MR) is 78.4 cm³/mol. The van der Waals surface area contributed by atoms with Gasteiger partial charge in [0.25, 0.3) is 0 Å². The van der Waals surface area contributed by atoms with Crippen molar-refractivity contribution in [3.8, 4) is 0 Å². The van der Waals surface area contributed by atoms with Crippen LogP contribution < -0.4 is 5.32 Å². The van der Waals surface area contributed by atoms with Crippen LogP contribution in [0, 0.1) is 0 Å². The molecule has 0 unspecified atom stereocenters. The van der Waals surface area contributed by atoms with Crippen LogP contribution in [-0.4, -0.2) is 64.4 Å². The molecule has 1 N–H and O–H groups in total. The number of imide groups is 1. The summed E-state index contributed by atoms with van der Waals surface area (Å²) >= 11 is 5.28. The molecular formula is C13H20ClN3O5. The first kappa shape index (κ1) is 18.2. The van der Waals surface area contributed by atoms with E-state index in [0.717, 1.165) is 0 Å². The molecule has 1 fully saturated rings. The van der Waals surface area contributed by atoms with Gasteiger partial charge in [-0.2, -0.15) is 0 Å². The largest absolute Gasteiger partial charge is 0.448 e. The summed E-state index contributed by atoms with van der Waals surface area (Å²) in [6.07, 6.45) is -0.603. The molecule has 1 rings (SSSR count). The third kappa shape index (κ3) is 4.87. The summed E-state index contributed by atoms with van der Waals surface area (Å²) in [6.45, 7) is 7.18. The SMILES string of the molecule is C[C@H]1CN(CCOC(=O)NC(C)(C)C)C(=O)C(=O)N1C(=O)Cl. The van der Waals surface area contributed by atoms with E-state index in [1.54, 1.807) is 27.7 Å². The van der Waals surface area contributed by atoms with E-state index < -0.39 is 34.9 Å². The minimum absolute atomic E-state index is 0.0531. The molecule has 8 nitrogen and oxygen atoms in total. The zero-order valence-electron chi connectivity index (χ0n) is 13.0. The van der Waals surface area contributed by atoms with Gasteiger partial charge in [-0.3, -0.25) is 19.3 Å². The Bertz CT molecular complexity index is 489. The summed E-state index contributed by atoms with van der Waals surface area (Å²) in [5.41, 5.74) is -0.427. The van der Waals surface area contributed by atoms with Crippen molar-refractivity contribution in [2.75, 3.05) is 19.7 Å². The first-order chi connectivity index (χ1) is 10.0. The minimum Gasteiger partial charge on any atom is -0.448 e. The summed E-state index contributed by atoms with van der Waals surface area (Å²) in [7, 11) is 0. The van der Waals surface area contributed by atoms with Crippen molar-refractivity contribution in [3.63, 3.8) is 0 Å². The lowest BCUT2D eigenvalue weighted by atomic mass is 10.1. The van der Waals surface area contributed by atoms with Crippen LogP contribution in [0.25, 0.3) is 0 Å². The number of amides is 4. The quantitative estimate of drug-likeness (QED) is 0.471. The van der Waals surface area contributed by atoms with Crippen molar-refractivity contribution in [1.82, 2.24) is 15.1 Å². The van der Waals surface area contributed by atoms with E-state index in [1.807, 2.05) is 0 Å². The van der Waals surface area contributed by atoms with E-state index in [4.69, 9.17) is 16.3 Å². The van der Waals surface area contributed by atoms with Gasteiger partial charge < -0.3 is 15.0 Å². The number of nitrogens with zero attached hydrogens (tertiary/aromatic N) is 2. The topological polar surface area (TPSA) is 96.0 Å². The van der Waals surface area contributed by atoms with Gasteiger partial charge in [0, 0.05) is 12.1 Å². The summed E-state index contributed by atoms with van der Waals surface area (Å²) in [5.74, 6) is -1.81. The highest BCUT2D eigenvalue weighted by atomic mass is 35.5. The Kier molecular flexibility index (Phi) is 5.76. The van der Waals surface area contributed by atoms with Crippen LogP contribution >= 0.6 is 11.6 Å². The third-order valence-electron chi connectivity index (χ3n) is 2.88. The lowest BCUT2D eigenvalue weighted by Gasteiger charge is -2.36. The molecule has 0 aliphatic carbocycles. The van der Waals surface area contributed by atoms with Crippen molar-refractivity contribution >= 4 is 34.9 Å². The molecular weight excluding hydrogens is 314 g/mol. The van der Waals surface area contributed by atoms with Crippen molar-refractivity contribution < 1.29 is 23.9 Å². The third-order valence-corrected chi connectivity index (χ3v) is 3.06. The van der Waals surface area contributed by atoms with Gasteiger partial charge in [0.05, 0.1) is 12.6 Å². The molecule has 0 saturated carbocycles. The number of nitrogens with one attached hydrogen (secondary N) is 1. The predicted octanol–water partition coefficient (Wildman–Crippen LogP) is 0.929. The molecule has 1 heterocycles. The molecule has 124 valence electrons. The molecule has 0 radical (unpaired) electrons. The van der Waals surface area contributed by atoms with Crippen LogP contribution in [0.5, 0.6) is 0 Å². The first-order valence-electron chi connectivity index (χ1n) is 6.80. The van der Waals surface area contributed by atoms with E-state index in [9.17, 15) is 19.2 Å². The number of carbonyl (C=O) groups excluding carboxylic acids is 4. The molecule has 0 aromatic heterocycles. The summed E-state index contributed by atoms with van der Waals surface area (Å²) < 4.78 is 4.95. The second-order valence-corrected chi connectivity index (χ2v) is 6.36. The standard InChI is InChI=1S/C13H20ClN3O5/c1-8-7-16(9(18)10(19)17(8)11(14)20)5-6-22-12(21)15-13(2,3)4/h8H,5-7H2,1-4H3,(H,15,21)/t8-/m0/s1. The van der Waals surface area contributed by atoms with Crippen LogP contribution in [0.1, 0.15) is 27.7 Å². The van der Waals surface area contributed by atoms with Crippen LogP contribution in [0.4, 0.5) is 9.59 Å². The van der Waals surface area contributed by atoms with Gasteiger partial charge in [-0.1, -0.05) is 0 Å². The molecule has 0 bridgehead atoms. The van der Waals surface area contributed by atoms with Crippen LogP contribution in [-0.2, 0) is 14.3 Å². The Morgan fingerprint density at radius 3 is 2.41 bits per heavy atom. The van der Waals surface area contributed by atoms with Gasteiger partial charge in [0.2, 0.25) is 0 Å². The Morgan fingerprint density at radius 1 is 1.32 bits per heavy atom. The second kappa shape index (κ2) is 6.95. The summed E-state index contributed by atoms with van der Waals surface area (Å²) in [6, 6.07) is -0.529. The highest BCUT2D eigenvalue weighted by Gasteiger charge is 2.39. The van der Waals surface area contributed by atoms with Gasteiger partial charge in [0.1, 0.15) is 6.61 Å². The fraction of sp³-hybridized carbons (Fsp3) is 0.692. The van der Waals surface area contributed by atoms with Crippen molar-refractivity contribution in [1.29, 1.82) is 0 Å². The van der Waals surface area contributed by atoms with Crippen molar-refractivity contribution in [3.05, 3.63) is 0 Å². The molecule has 0 spiro atoms. The number of hydrogen-bond acceptors (Lipinski definition) is 5. The van der Waals surface area contributed by atoms with E-state index >= 15 is 0 Å². The zero-order chi connectivity index (χ0) is 17.1. The molecule has 0 aromatic rings. The molecule has 1 atom stereocenters. The summed E-state index contributed by atoms with van der Waals surface area (Å²) in [4.78, 5) is 48.2. The molecule has 1 aliphatic heterocycles. The van der Waals surface area contributed by atoms with Crippen molar-refractivity contribution in [2.24, 2.45) is 0 Å². The smallest absolute Gasteiger partial charge is 0.407 e. The minimum atomic E-state index is -0.980. The van der Waals surface area contributed by atoms with Crippen LogP contribution in [0.15, 0.2) is 0 Å². The highest BCUT2D eigenvalue weighted by molar-refractivity contribution is 6.65. The van der Waals surface area contributed by atoms with Crippen LogP contribution in [0.3, 0.4) is 0 Å². The lowest BCUT2D eigenvalue weighted by Crippen LogP contribution is -2.59. The molecule has 1 saturated heterocycles. The number of halogens is 1. The van der Waals surface area contributed by atoms with Gasteiger partial charge >= 0.3 is 23.3 Å². The Labute approximate surface area is 133 Å². The fourth-order valence-corrected chi connectivity index (χ4v) is 2.20. The van der Waals surface area contributed by atoms with Crippen molar-refractivity contribution in [2.45, 2.75) is 39.3 Å². The highest BCUT2D eigenvalue weighted by Crippen LogP contribution is 2.14.